The van der Waals surface area contributed by atoms with Crippen LogP contribution >= 0.6 is 15.9 Å². The molecule has 19 heavy (non-hydrogen) atoms. The third-order valence-corrected chi connectivity index (χ3v) is 3.04. The van der Waals surface area contributed by atoms with Crippen molar-refractivity contribution in [1.29, 1.82) is 0 Å². The highest BCUT2D eigenvalue weighted by molar-refractivity contribution is 9.10. The molecular formula is C10H8BrF4NO3. The molecule has 106 valence electrons. The molecule has 0 saturated carbocycles. The van der Waals surface area contributed by atoms with E-state index in [1.54, 1.807) is 0 Å². The maximum atomic E-state index is 12.6. The number of hydrogen-bond donors (Lipinski definition) is 0. The Kier molecular flexibility index (Phi) is 5.24. The molecule has 0 aromatic heterocycles. The Morgan fingerprint density at radius 3 is 2.58 bits per heavy atom. The van der Waals surface area contributed by atoms with Crippen LogP contribution in [0.4, 0.5) is 23.2 Å². The zero-order chi connectivity index (χ0) is 14.6. The lowest BCUT2D eigenvalue weighted by atomic mass is 10.2. The van der Waals surface area contributed by atoms with Gasteiger partial charge in [0.2, 0.25) is 0 Å². The first-order valence-electron chi connectivity index (χ1n) is 4.91. The van der Waals surface area contributed by atoms with Crippen molar-refractivity contribution in [1.82, 2.24) is 0 Å². The summed E-state index contributed by atoms with van der Waals surface area (Å²) in [4.78, 5) is 9.95. The molecule has 0 aliphatic carbocycles. The zero-order valence-electron chi connectivity index (χ0n) is 9.29. The molecule has 0 N–H and O–H groups in total. The van der Waals surface area contributed by atoms with Crippen LogP contribution in [0.1, 0.15) is 5.56 Å². The van der Waals surface area contributed by atoms with E-state index in [1.807, 2.05) is 0 Å². The van der Waals surface area contributed by atoms with Crippen LogP contribution in [-0.4, -0.2) is 23.9 Å². The minimum Gasteiger partial charge on any atom is -0.370 e. The number of alkyl halides is 4. The van der Waals surface area contributed by atoms with E-state index in [-0.39, 0.29) is 15.7 Å². The van der Waals surface area contributed by atoms with Crippen molar-refractivity contribution in [2.75, 3.05) is 6.61 Å². The van der Waals surface area contributed by atoms with Crippen molar-refractivity contribution in [3.8, 4) is 0 Å². The summed E-state index contributed by atoms with van der Waals surface area (Å²) in [6, 6.07) is 3.95. The molecule has 0 atom stereocenters. The Morgan fingerprint density at radius 2 is 2.05 bits per heavy atom. The van der Waals surface area contributed by atoms with Gasteiger partial charge >= 0.3 is 12.3 Å². The SMILES string of the molecule is O=[N+]([O-])c1cccc(COCC(F)(F)C(F)F)c1Br. The van der Waals surface area contributed by atoms with Crippen LogP contribution in [0.15, 0.2) is 22.7 Å². The fourth-order valence-electron chi connectivity index (χ4n) is 1.18. The first kappa shape index (κ1) is 15.8. The van der Waals surface area contributed by atoms with Gasteiger partial charge in [0, 0.05) is 6.07 Å². The second kappa shape index (κ2) is 6.29. The van der Waals surface area contributed by atoms with Gasteiger partial charge in [-0.1, -0.05) is 12.1 Å². The van der Waals surface area contributed by atoms with Gasteiger partial charge in [-0.3, -0.25) is 10.1 Å². The number of nitro groups is 1. The summed E-state index contributed by atoms with van der Waals surface area (Å²) >= 11 is 2.93. The van der Waals surface area contributed by atoms with Gasteiger partial charge in [0.25, 0.3) is 5.69 Å². The number of benzene rings is 1. The molecule has 0 unspecified atom stereocenters. The predicted octanol–water partition coefficient (Wildman–Crippen LogP) is 3.77. The number of rotatable bonds is 6. The summed E-state index contributed by atoms with van der Waals surface area (Å²) < 4.78 is 53.4. The first-order chi connectivity index (χ1) is 8.75. The number of hydrogen-bond acceptors (Lipinski definition) is 3. The summed E-state index contributed by atoms with van der Waals surface area (Å²) in [7, 11) is 0. The lowest BCUT2D eigenvalue weighted by Crippen LogP contribution is -2.32. The normalized spacial score (nSPS) is 11.9. The summed E-state index contributed by atoms with van der Waals surface area (Å²) in [5, 5.41) is 10.6. The zero-order valence-corrected chi connectivity index (χ0v) is 10.9. The van der Waals surface area contributed by atoms with Crippen LogP contribution in [0.25, 0.3) is 0 Å². The van der Waals surface area contributed by atoms with Crippen LogP contribution in [0, 0.1) is 10.1 Å². The Balaban J connectivity index is 2.69. The minimum atomic E-state index is -4.24. The van der Waals surface area contributed by atoms with Crippen molar-refractivity contribution in [3.63, 3.8) is 0 Å². The number of nitro benzene ring substituents is 1. The van der Waals surface area contributed by atoms with E-state index in [0.717, 1.165) is 0 Å². The third-order valence-electron chi connectivity index (χ3n) is 2.13. The van der Waals surface area contributed by atoms with Crippen molar-refractivity contribution >= 4 is 21.6 Å². The van der Waals surface area contributed by atoms with Gasteiger partial charge in [0.05, 0.1) is 11.5 Å². The molecule has 0 saturated heterocycles. The molecule has 0 amide bonds. The van der Waals surface area contributed by atoms with Crippen LogP contribution in [0.2, 0.25) is 0 Å². The maximum Gasteiger partial charge on any atom is 0.330 e. The average Bonchev–Trinajstić information content (AvgIpc) is 2.30. The molecular weight excluding hydrogens is 338 g/mol. The highest BCUT2D eigenvalue weighted by Crippen LogP contribution is 2.29. The molecule has 1 aromatic carbocycles. The van der Waals surface area contributed by atoms with Gasteiger partial charge in [-0.25, -0.2) is 8.78 Å². The minimum absolute atomic E-state index is 0.0698. The van der Waals surface area contributed by atoms with Crippen LogP contribution in [0.5, 0.6) is 0 Å². The van der Waals surface area contributed by atoms with Gasteiger partial charge in [0.1, 0.15) is 11.1 Å². The highest BCUT2D eigenvalue weighted by Gasteiger charge is 2.41. The van der Waals surface area contributed by atoms with Gasteiger partial charge in [0.15, 0.2) is 0 Å². The second-order valence-corrected chi connectivity index (χ2v) is 4.35. The smallest absolute Gasteiger partial charge is 0.330 e. The Labute approximate surface area is 113 Å². The third kappa shape index (κ3) is 4.13. The summed E-state index contributed by atoms with van der Waals surface area (Å²) in [5.41, 5.74) is -0.0408. The second-order valence-electron chi connectivity index (χ2n) is 3.56. The molecule has 0 bridgehead atoms. The van der Waals surface area contributed by atoms with Crippen molar-refractivity contribution in [2.24, 2.45) is 0 Å². The average molecular weight is 346 g/mol. The van der Waals surface area contributed by atoms with Gasteiger partial charge in [-0.15, -0.1) is 0 Å². The Morgan fingerprint density at radius 1 is 1.42 bits per heavy atom. The molecule has 0 aliphatic heterocycles. The monoisotopic (exact) mass is 345 g/mol. The molecule has 0 heterocycles. The fraction of sp³-hybridized carbons (Fsp3) is 0.400. The van der Waals surface area contributed by atoms with Crippen LogP contribution < -0.4 is 0 Å². The van der Waals surface area contributed by atoms with E-state index >= 15 is 0 Å². The van der Waals surface area contributed by atoms with E-state index in [1.165, 1.54) is 18.2 Å². The van der Waals surface area contributed by atoms with Crippen LogP contribution in [0.3, 0.4) is 0 Å². The molecule has 9 heteroatoms. The Hall–Kier alpha value is -1.22. The number of nitrogens with zero attached hydrogens (tertiary/aromatic N) is 1. The molecule has 0 aliphatic rings. The van der Waals surface area contributed by atoms with E-state index in [9.17, 15) is 27.7 Å². The largest absolute Gasteiger partial charge is 0.370 e. The highest BCUT2D eigenvalue weighted by atomic mass is 79.9. The maximum absolute atomic E-state index is 12.6. The quantitative estimate of drug-likeness (QED) is 0.448. The lowest BCUT2D eigenvalue weighted by Gasteiger charge is -2.15. The first-order valence-corrected chi connectivity index (χ1v) is 5.70. The molecule has 0 fully saturated rings. The van der Waals surface area contributed by atoms with E-state index < -0.39 is 30.5 Å². The fourth-order valence-corrected chi connectivity index (χ4v) is 1.70. The topological polar surface area (TPSA) is 52.4 Å². The predicted molar refractivity (Wildman–Crippen MR) is 61.4 cm³/mol. The standard InChI is InChI=1S/C10H8BrF4NO3/c11-8-6(2-1-3-7(8)16(17)18)4-19-5-10(14,15)9(12)13/h1-3,9H,4-5H2. The molecule has 4 nitrogen and oxygen atoms in total. The summed E-state index contributed by atoms with van der Waals surface area (Å²) in [6.45, 7) is -1.90. The van der Waals surface area contributed by atoms with Crippen LogP contribution in [-0.2, 0) is 11.3 Å². The molecule has 0 spiro atoms. The van der Waals surface area contributed by atoms with Crippen molar-refractivity contribution in [2.45, 2.75) is 19.0 Å². The lowest BCUT2D eigenvalue weighted by molar-refractivity contribution is -0.385. The van der Waals surface area contributed by atoms with Gasteiger partial charge in [-0.05, 0) is 21.5 Å². The summed E-state index contributed by atoms with van der Waals surface area (Å²) in [5.74, 6) is -4.24. The van der Waals surface area contributed by atoms with E-state index in [0.29, 0.717) is 0 Å². The number of halogens is 5. The van der Waals surface area contributed by atoms with Crippen molar-refractivity contribution in [3.05, 3.63) is 38.3 Å². The Bertz CT molecular complexity index is 470. The van der Waals surface area contributed by atoms with Gasteiger partial charge in [-0.2, -0.15) is 8.78 Å². The summed E-state index contributed by atoms with van der Waals surface area (Å²) in [6.07, 6.45) is -3.82. The molecule has 1 rings (SSSR count). The van der Waals surface area contributed by atoms with Crippen molar-refractivity contribution < 1.29 is 27.2 Å². The van der Waals surface area contributed by atoms with E-state index in [2.05, 4.69) is 20.7 Å². The molecule has 0 radical (unpaired) electrons. The van der Waals surface area contributed by atoms with Gasteiger partial charge < -0.3 is 4.74 Å². The number of ether oxygens (including phenoxy) is 1. The molecule has 1 aromatic rings. The van der Waals surface area contributed by atoms with E-state index in [4.69, 9.17) is 0 Å².